The van der Waals surface area contributed by atoms with Crippen molar-refractivity contribution in [3.63, 3.8) is 0 Å². The first-order chi connectivity index (χ1) is 15.0. The molecule has 0 aromatic rings. The molecule has 0 saturated heterocycles. The highest BCUT2D eigenvalue weighted by Gasteiger charge is 2.15. The molecule has 2 amide bonds. The van der Waals surface area contributed by atoms with Gasteiger partial charge >= 0.3 is 0 Å². The molecule has 0 aliphatic rings. The fourth-order valence-corrected chi connectivity index (χ4v) is 3.27. The quantitative estimate of drug-likeness (QED) is 0.276. The Hall–Kier alpha value is -0.870. The lowest BCUT2D eigenvalue weighted by atomic mass is 9.92. The van der Waals surface area contributed by atoms with Crippen molar-refractivity contribution < 1.29 is 28.5 Å². The Kier molecular flexibility index (Phi) is 18.0. The molecule has 190 valence electrons. The van der Waals surface area contributed by atoms with Crippen LogP contribution in [0.25, 0.3) is 0 Å². The van der Waals surface area contributed by atoms with Crippen LogP contribution in [0.15, 0.2) is 0 Å². The second-order valence-electron chi connectivity index (χ2n) is 9.60. The van der Waals surface area contributed by atoms with Crippen LogP contribution in [0.4, 0.5) is 0 Å². The summed E-state index contributed by atoms with van der Waals surface area (Å²) in [5, 5.41) is 5.70. The van der Waals surface area contributed by atoms with E-state index in [4.69, 9.17) is 18.9 Å². The average Bonchev–Trinajstić information content (AvgIpc) is 2.65. The van der Waals surface area contributed by atoms with Crippen LogP contribution in [0.5, 0.6) is 0 Å². The lowest BCUT2D eigenvalue weighted by molar-refractivity contribution is -0.123. The van der Waals surface area contributed by atoms with Crippen LogP contribution in [0.3, 0.4) is 0 Å². The Morgan fingerprint density at radius 3 is 1.47 bits per heavy atom. The van der Waals surface area contributed by atoms with E-state index in [1.165, 1.54) is 0 Å². The molecule has 8 nitrogen and oxygen atoms in total. The molecule has 0 spiro atoms. The Balaban J connectivity index is 3.25. The molecule has 0 aliphatic carbocycles. The molecular formula is C23H46N2O6S. The van der Waals surface area contributed by atoms with E-state index < -0.39 is 0 Å². The molecule has 0 aliphatic heterocycles. The van der Waals surface area contributed by atoms with Gasteiger partial charge in [-0.1, -0.05) is 41.5 Å². The van der Waals surface area contributed by atoms with Gasteiger partial charge in [-0.25, -0.2) is 0 Å². The number of hydrogen-bond donors (Lipinski definition) is 2. The zero-order valence-corrected chi connectivity index (χ0v) is 21.9. The number of ether oxygens (including phenoxy) is 4. The van der Waals surface area contributed by atoms with E-state index in [2.05, 4.69) is 31.4 Å². The predicted octanol–water partition coefficient (Wildman–Crippen LogP) is 2.64. The van der Waals surface area contributed by atoms with Gasteiger partial charge in [-0.2, -0.15) is 11.8 Å². The smallest absolute Gasteiger partial charge is 0.220 e. The zero-order valence-electron chi connectivity index (χ0n) is 21.1. The van der Waals surface area contributed by atoms with Crippen molar-refractivity contribution in [2.75, 3.05) is 71.7 Å². The van der Waals surface area contributed by atoms with Crippen molar-refractivity contribution in [1.82, 2.24) is 10.6 Å². The molecule has 0 fully saturated rings. The minimum absolute atomic E-state index is 0.00441. The van der Waals surface area contributed by atoms with Gasteiger partial charge < -0.3 is 29.6 Å². The summed E-state index contributed by atoms with van der Waals surface area (Å²) >= 11 is 1.79. The third-order valence-electron chi connectivity index (χ3n) is 3.81. The van der Waals surface area contributed by atoms with Crippen molar-refractivity contribution in [1.29, 1.82) is 0 Å². The van der Waals surface area contributed by atoms with Crippen molar-refractivity contribution in [2.45, 2.75) is 59.1 Å². The summed E-state index contributed by atoms with van der Waals surface area (Å²) < 4.78 is 21.9. The first kappa shape index (κ1) is 31.1. The summed E-state index contributed by atoms with van der Waals surface area (Å²) in [4.78, 5) is 23.3. The van der Waals surface area contributed by atoms with E-state index in [-0.39, 0.29) is 22.0 Å². The van der Waals surface area contributed by atoms with Gasteiger partial charge in [-0.3, -0.25) is 9.59 Å². The van der Waals surface area contributed by atoms with Crippen LogP contribution in [-0.2, 0) is 28.5 Å². The molecule has 0 bridgehead atoms. The van der Waals surface area contributed by atoms with Crippen LogP contribution in [0.2, 0.25) is 0 Å². The van der Waals surface area contributed by atoms with Crippen molar-refractivity contribution >= 4 is 23.6 Å². The van der Waals surface area contributed by atoms with Gasteiger partial charge in [0.2, 0.25) is 11.8 Å². The largest absolute Gasteiger partial charge is 0.377 e. The van der Waals surface area contributed by atoms with Gasteiger partial charge in [-0.05, 0) is 5.41 Å². The van der Waals surface area contributed by atoms with Gasteiger partial charge in [0.05, 0.1) is 52.9 Å². The maximum atomic E-state index is 11.7. The molecule has 32 heavy (non-hydrogen) atoms. The molecular weight excluding hydrogens is 432 g/mol. The number of amides is 2. The van der Waals surface area contributed by atoms with E-state index >= 15 is 0 Å². The van der Waals surface area contributed by atoms with E-state index in [0.717, 1.165) is 5.75 Å². The second-order valence-corrected chi connectivity index (χ2v) is 11.5. The Bertz CT molecular complexity index is 492. The molecule has 0 atom stereocenters. The number of thioether (sulfide) groups is 1. The minimum Gasteiger partial charge on any atom is -0.377 e. The molecule has 9 heteroatoms. The second kappa shape index (κ2) is 18.5. The lowest BCUT2D eigenvalue weighted by Crippen LogP contribution is -2.30. The monoisotopic (exact) mass is 478 g/mol. The van der Waals surface area contributed by atoms with Crippen molar-refractivity contribution in [3.05, 3.63) is 0 Å². The van der Waals surface area contributed by atoms with Crippen LogP contribution in [0, 0.1) is 5.41 Å². The van der Waals surface area contributed by atoms with Crippen molar-refractivity contribution in [3.8, 4) is 0 Å². The third-order valence-corrected chi connectivity index (χ3v) is 5.08. The first-order valence-electron chi connectivity index (χ1n) is 11.5. The SMILES string of the molecule is CC(C)(C)CC(=O)NCCOCCOCCOCCOCCNC(=O)CCSC(C)(C)C. The molecule has 0 unspecified atom stereocenters. The first-order valence-corrected chi connectivity index (χ1v) is 12.5. The van der Waals surface area contributed by atoms with E-state index in [9.17, 15) is 9.59 Å². The van der Waals surface area contributed by atoms with Crippen molar-refractivity contribution in [2.24, 2.45) is 5.41 Å². The van der Waals surface area contributed by atoms with E-state index in [1.807, 2.05) is 20.8 Å². The number of rotatable bonds is 19. The summed E-state index contributed by atoms with van der Waals surface area (Å²) in [7, 11) is 0. The van der Waals surface area contributed by atoms with Crippen LogP contribution in [-0.4, -0.2) is 88.3 Å². The van der Waals surface area contributed by atoms with E-state index in [1.54, 1.807) is 11.8 Å². The topological polar surface area (TPSA) is 95.1 Å². The zero-order chi connectivity index (χ0) is 24.3. The number of hydrogen-bond acceptors (Lipinski definition) is 7. The summed E-state index contributed by atoms with van der Waals surface area (Å²) in [6.45, 7) is 17.5. The van der Waals surface area contributed by atoms with Gasteiger partial charge in [0, 0.05) is 36.4 Å². The van der Waals surface area contributed by atoms with Gasteiger partial charge in [0.1, 0.15) is 0 Å². The lowest BCUT2D eigenvalue weighted by Gasteiger charge is -2.17. The van der Waals surface area contributed by atoms with Gasteiger partial charge in [-0.15, -0.1) is 0 Å². The standard InChI is InChI=1S/C23H46N2O6S/c1-22(2,3)19-21(27)25-9-11-29-13-15-31-17-16-30-14-12-28-10-8-24-20(26)7-18-32-23(4,5)6/h7-19H2,1-6H3,(H,24,26)(H,25,27). The highest BCUT2D eigenvalue weighted by molar-refractivity contribution is 8.00. The number of carbonyl (C=O) groups excluding carboxylic acids is 2. The Morgan fingerprint density at radius 2 is 1.06 bits per heavy atom. The number of nitrogens with one attached hydrogen (secondary N) is 2. The predicted molar refractivity (Wildman–Crippen MR) is 130 cm³/mol. The summed E-state index contributed by atoms with van der Waals surface area (Å²) in [6.07, 6.45) is 1.04. The molecule has 0 aromatic heterocycles. The molecule has 0 saturated carbocycles. The maximum absolute atomic E-state index is 11.7. The molecule has 0 aromatic carbocycles. The van der Waals surface area contributed by atoms with Crippen LogP contribution >= 0.6 is 11.8 Å². The van der Waals surface area contributed by atoms with Crippen LogP contribution in [0.1, 0.15) is 54.4 Å². The summed E-state index contributed by atoms with van der Waals surface area (Å²) in [5.74, 6) is 0.940. The highest BCUT2D eigenvalue weighted by atomic mass is 32.2. The number of carbonyl (C=O) groups is 2. The average molecular weight is 479 g/mol. The molecule has 2 N–H and O–H groups in total. The maximum Gasteiger partial charge on any atom is 0.220 e. The highest BCUT2D eigenvalue weighted by Crippen LogP contribution is 2.23. The Labute approximate surface area is 199 Å². The molecule has 0 heterocycles. The normalized spacial score (nSPS) is 12.1. The molecule has 0 rings (SSSR count). The minimum atomic E-state index is -0.00441. The van der Waals surface area contributed by atoms with Gasteiger partial charge in [0.15, 0.2) is 0 Å². The Morgan fingerprint density at radius 1 is 0.656 bits per heavy atom. The summed E-state index contributed by atoms with van der Waals surface area (Å²) in [6, 6.07) is 0. The van der Waals surface area contributed by atoms with E-state index in [0.29, 0.717) is 78.8 Å². The molecule has 0 radical (unpaired) electrons. The third kappa shape index (κ3) is 25.4. The van der Waals surface area contributed by atoms with Gasteiger partial charge in [0.25, 0.3) is 0 Å². The summed E-state index contributed by atoms with van der Waals surface area (Å²) in [5.41, 5.74) is -0.00441. The van der Waals surface area contributed by atoms with Crippen LogP contribution < -0.4 is 10.6 Å². The fraction of sp³-hybridized carbons (Fsp3) is 0.913. The fourth-order valence-electron chi connectivity index (χ4n) is 2.37.